The number of nitriles is 1. The lowest BCUT2D eigenvalue weighted by Gasteiger charge is -2.16. The highest BCUT2D eigenvalue weighted by molar-refractivity contribution is 5.93. The molecule has 0 radical (unpaired) electrons. The standard InChI is InChI=1S/C27H29FN10O3/c1-4-17-13-36(14-18(17)10-28)26-30-11-19(12-31-26)20-6-5-7-21(33-20)34-24(39)16(2)38-15-32-23-22(38)25(40)37(9-8-29)27(41)35(23)3/h5-7,11-12,15-18H,4,9-10,13-14H2,1-3H3,(H,33,34,39)/t16-,17?,18?/m0/s1. The molecule has 1 amide bonds. The summed E-state index contributed by atoms with van der Waals surface area (Å²) in [7, 11) is 1.44. The average molecular weight is 561 g/mol. The number of carbonyl (C=O) groups excluding carboxylic acids is 1. The maximum absolute atomic E-state index is 13.4. The molecule has 1 aliphatic rings. The van der Waals surface area contributed by atoms with Crippen molar-refractivity contribution in [1.29, 1.82) is 5.26 Å². The molecule has 0 spiro atoms. The molecule has 1 N–H and O–H groups in total. The molecule has 41 heavy (non-hydrogen) atoms. The lowest BCUT2D eigenvalue weighted by atomic mass is 9.95. The molecule has 4 aromatic heterocycles. The van der Waals surface area contributed by atoms with Gasteiger partial charge in [0.1, 0.15) is 18.4 Å². The van der Waals surface area contributed by atoms with E-state index >= 15 is 0 Å². The van der Waals surface area contributed by atoms with E-state index in [4.69, 9.17) is 5.26 Å². The molecule has 0 saturated carbocycles. The second kappa shape index (κ2) is 11.3. The fourth-order valence-corrected chi connectivity index (χ4v) is 5.17. The Morgan fingerprint density at radius 1 is 1.20 bits per heavy atom. The van der Waals surface area contributed by atoms with Crippen molar-refractivity contribution in [2.75, 3.05) is 30.0 Å². The number of pyridine rings is 1. The predicted octanol–water partition coefficient (Wildman–Crippen LogP) is 1.90. The number of aryl methyl sites for hydroxylation is 1. The van der Waals surface area contributed by atoms with Crippen molar-refractivity contribution in [3.05, 3.63) is 57.8 Å². The molecule has 5 heterocycles. The molecular weight excluding hydrogens is 531 g/mol. The van der Waals surface area contributed by atoms with Crippen LogP contribution in [0.15, 0.2) is 46.5 Å². The molecule has 2 unspecified atom stereocenters. The lowest BCUT2D eigenvalue weighted by molar-refractivity contribution is -0.118. The second-order valence-electron chi connectivity index (χ2n) is 10.0. The third kappa shape index (κ3) is 5.06. The average Bonchev–Trinajstić information content (AvgIpc) is 3.63. The van der Waals surface area contributed by atoms with Gasteiger partial charge < -0.3 is 14.8 Å². The maximum atomic E-state index is 13.4. The number of alkyl halides is 1. The van der Waals surface area contributed by atoms with Crippen LogP contribution in [0, 0.1) is 23.2 Å². The Bertz CT molecular complexity index is 1740. The summed E-state index contributed by atoms with van der Waals surface area (Å²) in [6, 6.07) is 6.04. The van der Waals surface area contributed by atoms with Gasteiger partial charge in [0.05, 0.1) is 24.8 Å². The summed E-state index contributed by atoms with van der Waals surface area (Å²) in [5.41, 5.74) is -0.0461. The van der Waals surface area contributed by atoms with Gasteiger partial charge in [0, 0.05) is 44.0 Å². The number of fused-ring (bicyclic) bond motifs is 1. The van der Waals surface area contributed by atoms with E-state index in [-0.39, 0.29) is 35.5 Å². The molecule has 13 nitrogen and oxygen atoms in total. The first kappa shape index (κ1) is 27.6. The number of halogens is 1. The minimum absolute atomic E-state index is 0.0153. The number of anilines is 2. The van der Waals surface area contributed by atoms with E-state index in [1.807, 2.05) is 4.90 Å². The Morgan fingerprint density at radius 2 is 1.93 bits per heavy atom. The Balaban J connectivity index is 1.35. The van der Waals surface area contributed by atoms with Crippen LogP contribution in [0.4, 0.5) is 16.2 Å². The summed E-state index contributed by atoms with van der Waals surface area (Å²) < 4.78 is 16.7. The largest absolute Gasteiger partial charge is 0.340 e. The molecule has 3 atom stereocenters. The Labute approximate surface area is 233 Å². The van der Waals surface area contributed by atoms with Gasteiger partial charge in [-0.3, -0.25) is 18.5 Å². The highest BCUT2D eigenvalue weighted by Gasteiger charge is 2.32. The maximum Gasteiger partial charge on any atom is 0.333 e. The van der Waals surface area contributed by atoms with E-state index in [0.29, 0.717) is 23.8 Å². The second-order valence-corrected chi connectivity index (χ2v) is 10.0. The van der Waals surface area contributed by atoms with E-state index in [2.05, 4.69) is 32.2 Å². The van der Waals surface area contributed by atoms with E-state index in [1.165, 1.54) is 22.5 Å². The first-order valence-electron chi connectivity index (χ1n) is 13.2. The molecule has 5 rings (SSSR count). The molecule has 14 heteroatoms. The van der Waals surface area contributed by atoms with Crippen molar-refractivity contribution < 1.29 is 9.18 Å². The van der Waals surface area contributed by atoms with Crippen LogP contribution in [0.3, 0.4) is 0 Å². The third-order valence-corrected chi connectivity index (χ3v) is 7.60. The van der Waals surface area contributed by atoms with E-state index < -0.39 is 29.7 Å². The summed E-state index contributed by atoms with van der Waals surface area (Å²) in [5, 5.41) is 11.8. The Hall–Kier alpha value is -4.93. The summed E-state index contributed by atoms with van der Waals surface area (Å²) in [6.07, 6.45) is 5.52. The van der Waals surface area contributed by atoms with Gasteiger partial charge in [-0.25, -0.2) is 29.3 Å². The van der Waals surface area contributed by atoms with Crippen LogP contribution in [0.5, 0.6) is 0 Å². The van der Waals surface area contributed by atoms with Gasteiger partial charge in [0.25, 0.3) is 5.56 Å². The van der Waals surface area contributed by atoms with Gasteiger partial charge in [-0.2, -0.15) is 5.26 Å². The zero-order valence-corrected chi connectivity index (χ0v) is 22.9. The SMILES string of the molecule is CCC1CN(c2ncc(-c3cccc(NC(=O)[C@H](C)n4cnc5c4c(=O)n(CC#N)c(=O)n5C)n3)cn2)CC1CF. The molecular formula is C27H29FN10O3. The molecule has 4 aromatic rings. The molecule has 0 aliphatic carbocycles. The van der Waals surface area contributed by atoms with E-state index in [0.717, 1.165) is 17.5 Å². The van der Waals surface area contributed by atoms with Gasteiger partial charge >= 0.3 is 5.69 Å². The number of rotatable bonds is 8. The summed E-state index contributed by atoms with van der Waals surface area (Å²) >= 11 is 0. The van der Waals surface area contributed by atoms with Crippen LogP contribution < -0.4 is 21.5 Å². The number of aromatic nitrogens is 7. The Kier molecular flexibility index (Phi) is 7.60. The third-order valence-electron chi connectivity index (χ3n) is 7.60. The molecule has 1 fully saturated rings. The summed E-state index contributed by atoms with van der Waals surface area (Å²) in [6.45, 7) is 4.17. The smallest absolute Gasteiger partial charge is 0.333 e. The van der Waals surface area contributed by atoms with Crippen LogP contribution in [0.2, 0.25) is 0 Å². The highest BCUT2D eigenvalue weighted by atomic mass is 19.1. The number of carbonyl (C=O) groups is 1. The first-order chi connectivity index (χ1) is 19.8. The fraction of sp³-hybridized carbons (Fsp3) is 0.407. The van der Waals surface area contributed by atoms with Crippen LogP contribution in [0.25, 0.3) is 22.4 Å². The Morgan fingerprint density at radius 3 is 2.59 bits per heavy atom. The number of nitrogens with zero attached hydrogens (tertiary/aromatic N) is 9. The van der Waals surface area contributed by atoms with Crippen molar-refractivity contribution in [1.82, 2.24) is 33.6 Å². The summed E-state index contributed by atoms with van der Waals surface area (Å²) in [4.78, 5) is 58.3. The highest BCUT2D eigenvalue weighted by Crippen LogP contribution is 2.29. The number of imidazole rings is 1. The van der Waals surface area contributed by atoms with Gasteiger partial charge in [-0.1, -0.05) is 19.4 Å². The zero-order valence-electron chi connectivity index (χ0n) is 22.9. The molecule has 0 aromatic carbocycles. The van der Waals surface area contributed by atoms with Gasteiger partial charge in [0.15, 0.2) is 11.2 Å². The topological polar surface area (TPSA) is 157 Å². The minimum Gasteiger partial charge on any atom is -0.340 e. The zero-order chi connectivity index (χ0) is 29.3. The van der Waals surface area contributed by atoms with Crippen LogP contribution >= 0.6 is 0 Å². The van der Waals surface area contributed by atoms with Crippen molar-refractivity contribution in [2.45, 2.75) is 32.9 Å². The van der Waals surface area contributed by atoms with Crippen LogP contribution in [-0.4, -0.2) is 59.3 Å². The van der Waals surface area contributed by atoms with Gasteiger partial charge in [0.2, 0.25) is 11.9 Å². The quantitative estimate of drug-likeness (QED) is 0.340. The molecule has 1 saturated heterocycles. The normalized spacial score (nSPS) is 17.5. The van der Waals surface area contributed by atoms with Crippen LogP contribution in [-0.2, 0) is 18.4 Å². The fourth-order valence-electron chi connectivity index (χ4n) is 5.17. The van der Waals surface area contributed by atoms with Crippen molar-refractivity contribution in [3.8, 4) is 17.3 Å². The van der Waals surface area contributed by atoms with Crippen molar-refractivity contribution in [3.63, 3.8) is 0 Å². The number of nitrogens with one attached hydrogen (secondary N) is 1. The van der Waals surface area contributed by atoms with E-state index in [1.54, 1.807) is 43.6 Å². The van der Waals surface area contributed by atoms with Gasteiger partial charge in [-0.15, -0.1) is 0 Å². The number of hydrogen-bond donors (Lipinski definition) is 1. The molecule has 1 aliphatic heterocycles. The van der Waals surface area contributed by atoms with Crippen LogP contribution in [0.1, 0.15) is 26.3 Å². The minimum atomic E-state index is -0.894. The molecule has 0 bridgehead atoms. The monoisotopic (exact) mass is 560 g/mol. The van der Waals surface area contributed by atoms with Gasteiger partial charge in [-0.05, 0) is 25.0 Å². The van der Waals surface area contributed by atoms with E-state index in [9.17, 15) is 18.8 Å². The number of hydrogen-bond acceptors (Lipinski definition) is 9. The first-order valence-corrected chi connectivity index (χ1v) is 13.2. The number of amides is 1. The lowest BCUT2D eigenvalue weighted by Crippen LogP contribution is -2.40. The van der Waals surface area contributed by atoms with Crippen molar-refractivity contribution >= 4 is 28.8 Å². The van der Waals surface area contributed by atoms with Crippen molar-refractivity contribution in [2.24, 2.45) is 18.9 Å². The predicted molar refractivity (Wildman–Crippen MR) is 149 cm³/mol. The summed E-state index contributed by atoms with van der Waals surface area (Å²) in [5.74, 6) is 0.609. The molecule has 212 valence electrons.